The molecule has 3 atom stereocenters. The average Bonchev–Trinajstić information content (AvgIpc) is 3.50. The molecule has 3 aliphatic rings. The molecule has 3 aromatic rings. The number of aliphatic hydroxyl groups is 1. The van der Waals surface area contributed by atoms with Crippen LogP contribution in [-0.2, 0) is 15.9 Å². The van der Waals surface area contributed by atoms with Crippen LogP contribution in [0.5, 0.6) is 0 Å². The van der Waals surface area contributed by atoms with Gasteiger partial charge in [0.2, 0.25) is 0 Å². The maximum absolute atomic E-state index is 14.4. The number of carbonyl (C=O) groups is 2. The summed E-state index contributed by atoms with van der Waals surface area (Å²) in [4.78, 5) is 34.2. The predicted octanol–water partition coefficient (Wildman–Crippen LogP) is 4.64. The van der Waals surface area contributed by atoms with Crippen LogP contribution in [-0.4, -0.2) is 98.8 Å². The largest absolute Gasteiger partial charge is 0.465 e. The van der Waals surface area contributed by atoms with Gasteiger partial charge < -0.3 is 34.1 Å². The fourth-order valence-electron chi connectivity index (χ4n) is 7.00. The number of hydrogen-bond donors (Lipinski definition) is 2. The quantitative estimate of drug-likeness (QED) is 0.386. The van der Waals surface area contributed by atoms with Crippen molar-refractivity contribution in [3.63, 3.8) is 0 Å². The highest BCUT2D eigenvalue weighted by atomic mass is 16.5. The van der Waals surface area contributed by atoms with Crippen LogP contribution in [0.4, 0.5) is 4.79 Å². The third-order valence-electron chi connectivity index (χ3n) is 9.40. The Hall–Kier alpha value is -3.73. The van der Waals surface area contributed by atoms with E-state index in [1.54, 1.807) is 11.2 Å². The van der Waals surface area contributed by atoms with Crippen LogP contribution in [0, 0.1) is 0 Å². The van der Waals surface area contributed by atoms with Crippen molar-refractivity contribution in [3.05, 3.63) is 78.2 Å². The van der Waals surface area contributed by atoms with Crippen molar-refractivity contribution in [1.29, 1.82) is 0 Å². The van der Waals surface area contributed by atoms with E-state index in [1.165, 1.54) is 4.90 Å². The molecule has 2 amide bonds. The smallest absolute Gasteiger partial charge is 0.407 e. The second-order valence-corrected chi connectivity index (χ2v) is 12.3. The number of aromatic nitrogens is 2. The molecule has 2 N–H and O–H groups in total. The number of benzene rings is 2. The number of hydrogen-bond acceptors (Lipinski definition) is 6. The van der Waals surface area contributed by atoms with Crippen molar-refractivity contribution < 1.29 is 29.3 Å². The highest BCUT2D eigenvalue weighted by Gasteiger charge is 2.43. The number of rotatable bonds is 8. The first-order valence-electron chi connectivity index (χ1n) is 15.8. The van der Waals surface area contributed by atoms with Crippen LogP contribution in [0.2, 0.25) is 0 Å². The lowest BCUT2D eigenvalue weighted by Crippen LogP contribution is -2.57. The Kier molecular flexibility index (Phi) is 9.30. The third-order valence-corrected chi connectivity index (χ3v) is 9.40. The Bertz CT molecular complexity index is 1410. The van der Waals surface area contributed by atoms with Gasteiger partial charge in [0.1, 0.15) is 5.60 Å². The molecular weight excluding hydrogens is 560 g/mol. The van der Waals surface area contributed by atoms with Crippen molar-refractivity contribution in [3.8, 4) is 11.3 Å². The van der Waals surface area contributed by atoms with Crippen LogP contribution in [0.25, 0.3) is 11.3 Å². The van der Waals surface area contributed by atoms with Crippen LogP contribution >= 0.6 is 0 Å². The van der Waals surface area contributed by atoms with Crippen molar-refractivity contribution in [2.24, 2.45) is 0 Å². The van der Waals surface area contributed by atoms with Gasteiger partial charge in [-0.15, -0.1) is 0 Å². The van der Waals surface area contributed by atoms with E-state index in [0.29, 0.717) is 37.4 Å². The Morgan fingerprint density at radius 2 is 1.70 bits per heavy atom. The number of amides is 2. The second-order valence-electron chi connectivity index (χ2n) is 12.3. The second kappa shape index (κ2) is 13.5. The van der Waals surface area contributed by atoms with Gasteiger partial charge in [0.05, 0.1) is 36.8 Å². The van der Waals surface area contributed by atoms with Crippen molar-refractivity contribution in [1.82, 2.24) is 19.4 Å². The van der Waals surface area contributed by atoms with Crippen LogP contribution < -0.4 is 0 Å². The molecule has 2 aliphatic heterocycles. The summed E-state index contributed by atoms with van der Waals surface area (Å²) in [7, 11) is 0. The van der Waals surface area contributed by atoms with Gasteiger partial charge in [0.15, 0.2) is 5.69 Å². The Balaban J connectivity index is 1.33. The summed E-state index contributed by atoms with van der Waals surface area (Å²) in [5, 5.41) is 21.9. The highest BCUT2D eigenvalue weighted by Crippen LogP contribution is 2.41. The van der Waals surface area contributed by atoms with Gasteiger partial charge in [0, 0.05) is 38.4 Å². The fraction of sp³-hybridized carbons (Fsp3) is 0.500. The van der Waals surface area contributed by atoms with Crippen molar-refractivity contribution in [2.45, 2.75) is 68.7 Å². The normalized spacial score (nSPS) is 24.8. The molecule has 3 heterocycles. The van der Waals surface area contributed by atoms with Crippen LogP contribution in [0.3, 0.4) is 0 Å². The standard InChI is InChI=1S/C34H42N4O6/c39-32(37-18-17-36(33(40)41)22-27(37)21-25-9-3-1-4-10-25)30-31(26-11-5-2-6-12-26)38(24-35-30)29-13-7-8-16-34(29,42)23-44-28-14-19-43-20-15-28/h1-6,9-12,24,27-29,42H,7-8,13-23H2,(H,40,41)/t27-,29?,34?/m1/s1. The summed E-state index contributed by atoms with van der Waals surface area (Å²) < 4.78 is 13.8. The van der Waals surface area contributed by atoms with Gasteiger partial charge in [0.25, 0.3) is 5.91 Å². The Morgan fingerprint density at radius 3 is 2.43 bits per heavy atom. The first-order valence-corrected chi connectivity index (χ1v) is 15.8. The average molecular weight is 603 g/mol. The first-order chi connectivity index (χ1) is 21.4. The summed E-state index contributed by atoms with van der Waals surface area (Å²) in [6, 6.07) is 18.9. The lowest BCUT2D eigenvalue weighted by molar-refractivity contribution is -0.131. The molecule has 1 aromatic heterocycles. The topological polar surface area (TPSA) is 117 Å². The molecule has 0 bridgehead atoms. The molecule has 10 nitrogen and oxygen atoms in total. The molecule has 10 heteroatoms. The van der Waals surface area contributed by atoms with Gasteiger partial charge >= 0.3 is 6.09 Å². The van der Waals surface area contributed by atoms with E-state index in [0.717, 1.165) is 43.2 Å². The van der Waals surface area contributed by atoms with E-state index in [-0.39, 0.29) is 50.3 Å². The minimum absolute atomic E-state index is 0.0647. The number of imidazole rings is 1. The van der Waals surface area contributed by atoms with Crippen LogP contribution in [0.15, 0.2) is 67.0 Å². The molecule has 44 heavy (non-hydrogen) atoms. The predicted molar refractivity (Wildman–Crippen MR) is 164 cm³/mol. The molecule has 2 saturated heterocycles. The van der Waals surface area contributed by atoms with Gasteiger partial charge in [-0.25, -0.2) is 9.78 Å². The molecule has 0 spiro atoms. The maximum atomic E-state index is 14.4. The van der Waals surface area contributed by atoms with E-state index >= 15 is 0 Å². The maximum Gasteiger partial charge on any atom is 0.407 e. The van der Waals surface area contributed by atoms with Gasteiger partial charge in [-0.05, 0) is 37.7 Å². The fourth-order valence-corrected chi connectivity index (χ4v) is 7.00. The number of piperazine rings is 1. The Morgan fingerprint density at radius 1 is 0.977 bits per heavy atom. The van der Waals surface area contributed by atoms with Gasteiger partial charge in [-0.2, -0.15) is 0 Å². The zero-order chi connectivity index (χ0) is 30.5. The molecule has 0 radical (unpaired) electrons. The first kappa shape index (κ1) is 30.3. The summed E-state index contributed by atoms with van der Waals surface area (Å²) >= 11 is 0. The summed E-state index contributed by atoms with van der Waals surface area (Å²) in [6.07, 6.45) is 6.15. The highest BCUT2D eigenvalue weighted by molar-refractivity contribution is 5.98. The summed E-state index contributed by atoms with van der Waals surface area (Å²) in [5.74, 6) is -0.230. The number of ether oxygens (including phenoxy) is 2. The minimum Gasteiger partial charge on any atom is -0.465 e. The van der Waals surface area contributed by atoms with E-state index in [2.05, 4.69) is 0 Å². The molecule has 6 rings (SSSR count). The van der Waals surface area contributed by atoms with E-state index in [9.17, 15) is 19.8 Å². The van der Waals surface area contributed by atoms with Gasteiger partial charge in [-0.3, -0.25) is 4.79 Å². The number of nitrogens with zero attached hydrogens (tertiary/aromatic N) is 4. The lowest BCUT2D eigenvalue weighted by atomic mass is 9.80. The van der Waals surface area contributed by atoms with E-state index in [1.807, 2.05) is 65.2 Å². The monoisotopic (exact) mass is 602 g/mol. The number of carboxylic acid groups (broad SMARTS) is 1. The van der Waals surface area contributed by atoms with E-state index in [4.69, 9.17) is 14.5 Å². The van der Waals surface area contributed by atoms with Crippen molar-refractivity contribution in [2.75, 3.05) is 39.5 Å². The zero-order valence-electron chi connectivity index (χ0n) is 25.1. The Labute approximate surface area is 258 Å². The minimum atomic E-state index is -1.11. The third kappa shape index (κ3) is 6.52. The molecule has 2 unspecified atom stereocenters. The number of carbonyl (C=O) groups excluding carboxylic acids is 1. The molecular formula is C34H42N4O6. The SMILES string of the molecule is O=C(O)N1CCN(C(=O)c2ncn(C3CCCCC3(O)COC3CCOCC3)c2-c2ccccc2)[C@H](Cc2ccccc2)C1. The lowest BCUT2D eigenvalue weighted by Gasteiger charge is -2.42. The van der Waals surface area contributed by atoms with E-state index < -0.39 is 11.7 Å². The summed E-state index contributed by atoms with van der Waals surface area (Å²) in [5.41, 5.74) is 1.76. The molecule has 3 fully saturated rings. The molecule has 1 saturated carbocycles. The van der Waals surface area contributed by atoms with Crippen LogP contribution in [0.1, 0.15) is 60.6 Å². The molecule has 2 aromatic carbocycles. The molecule has 234 valence electrons. The zero-order valence-corrected chi connectivity index (χ0v) is 25.1. The van der Waals surface area contributed by atoms with Gasteiger partial charge in [-0.1, -0.05) is 73.5 Å². The summed E-state index contributed by atoms with van der Waals surface area (Å²) in [6.45, 7) is 2.29. The molecule has 1 aliphatic carbocycles. The van der Waals surface area contributed by atoms with Crippen molar-refractivity contribution >= 4 is 12.0 Å².